The number of carbonyl (C=O) groups is 1. The van der Waals surface area contributed by atoms with Gasteiger partial charge in [0.15, 0.2) is 0 Å². The van der Waals surface area contributed by atoms with Crippen molar-refractivity contribution in [3.05, 3.63) is 62.3 Å². The molecule has 0 radical (unpaired) electrons. The third-order valence-corrected chi connectivity index (χ3v) is 3.56. The van der Waals surface area contributed by atoms with E-state index in [1.165, 1.54) is 6.20 Å². The second kappa shape index (κ2) is 7.22. The van der Waals surface area contributed by atoms with Gasteiger partial charge in [0.2, 0.25) is 0 Å². The van der Waals surface area contributed by atoms with E-state index in [0.29, 0.717) is 25.6 Å². The summed E-state index contributed by atoms with van der Waals surface area (Å²) in [5.74, 6) is -0.323. The van der Waals surface area contributed by atoms with Crippen molar-refractivity contribution >= 4 is 45.0 Å². The van der Waals surface area contributed by atoms with Crippen LogP contribution in [0.1, 0.15) is 22.0 Å². The molecule has 0 saturated heterocycles. The summed E-state index contributed by atoms with van der Waals surface area (Å²) in [6, 6.07) is 6.42. The maximum absolute atomic E-state index is 11.9. The van der Waals surface area contributed by atoms with Crippen LogP contribution in [0, 0.1) is 0 Å². The van der Waals surface area contributed by atoms with Gasteiger partial charge >= 0.3 is 0 Å². The Balaban J connectivity index is 2.00. The van der Waals surface area contributed by atoms with Crippen LogP contribution < -0.4 is 5.32 Å². The minimum atomic E-state index is -0.898. The predicted molar refractivity (Wildman–Crippen MR) is 85.7 cm³/mol. The average Bonchev–Trinajstić information content (AvgIpc) is 2.43. The minimum Gasteiger partial charge on any atom is -0.387 e. The Labute approximate surface area is 140 Å². The number of hydrogen-bond donors (Lipinski definition) is 2. The number of halogens is 3. The van der Waals surface area contributed by atoms with Crippen molar-refractivity contribution in [2.45, 2.75) is 6.10 Å². The van der Waals surface area contributed by atoms with Gasteiger partial charge in [0.25, 0.3) is 5.91 Å². The smallest absolute Gasteiger partial charge is 0.252 e. The highest BCUT2D eigenvalue weighted by molar-refractivity contribution is 9.10. The van der Waals surface area contributed by atoms with Crippen LogP contribution >= 0.6 is 39.1 Å². The molecule has 0 fully saturated rings. The van der Waals surface area contributed by atoms with Gasteiger partial charge in [-0.2, -0.15) is 0 Å². The fraction of sp³-hybridized carbons (Fsp3) is 0.143. The second-order valence-electron chi connectivity index (χ2n) is 4.32. The number of nitrogens with zero attached hydrogens (tertiary/aromatic N) is 1. The maximum Gasteiger partial charge on any atom is 0.252 e. The number of aliphatic hydroxyl groups excluding tert-OH is 1. The van der Waals surface area contributed by atoms with Crippen molar-refractivity contribution in [2.75, 3.05) is 6.54 Å². The Morgan fingerprint density at radius 2 is 1.90 bits per heavy atom. The Morgan fingerprint density at radius 3 is 2.52 bits per heavy atom. The van der Waals surface area contributed by atoms with Crippen LogP contribution in [0.4, 0.5) is 0 Å². The van der Waals surface area contributed by atoms with Crippen LogP contribution in [-0.2, 0) is 0 Å². The van der Waals surface area contributed by atoms with Gasteiger partial charge in [-0.3, -0.25) is 9.78 Å². The lowest BCUT2D eigenvalue weighted by Gasteiger charge is -2.13. The van der Waals surface area contributed by atoms with Crippen LogP contribution in [0.5, 0.6) is 0 Å². The van der Waals surface area contributed by atoms with E-state index in [0.717, 1.165) is 0 Å². The number of pyridine rings is 1. The topological polar surface area (TPSA) is 62.2 Å². The van der Waals surface area contributed by atoms with E-state index in [2.05, 4.69) is 26.2 Å². The standard InChI is InChI=1S/C14H11BrCl2N2O2/c15-10-1-9(5-18-6-10)14(21)19-7-13(20)8-2-11(16)4-12(17)3-8/h1-6,13,20H,7H2,(H,19,21). The molecule has 4 nitrogen and oxygen atoms in total. The highest BCUT2D eigenvalue weighted by atomic mass is 79.9. The Hall–Kier alpha value is -1.14. The Bertz CT molecular complexity index is 647. The van der Waals surface area contributed by atoms with E-state index in [-0.39, 0.29) is 12.5 Å². The zero-order valence-electron chi connectivity index (χ0n) is 10.7. The van der Waals surface area contributed by atoms with Gasteiger partial charge in [0, 0.05) is 33.5 Å². The quantitative estimate of drug-likeness (QED) is 0.839. The van der Waals surface area contributed by atoms with Gasteiger partial charge in [0.05, 0.1) is 11.7 Å². The predicted octanol–water partition coefficient (Wildman–Crippen LogP) is 3.61. The minimum absolute atomic E-state index is 0.0437. The molecule has 2 rings (SSSR count). The van der Waals surface area contributed by atoms with Crippen molar-refractivity contribution in [2.24, 2.45) is 0 Å². The van der Waals surface area contributed by atoms with Crippen LogP contribution in [0.2, 0.25) is 10.0 Å². The van der Waals surface area contributed by atoms with Crippen LogP contribution in [0.3, 0.4) is 0 Å². The van der Waals surface area contributed by atoms with Gasteiger partial charge < -0.3 is 10.4 Å². The molecule has 0 saturated carbocycles. The number of aromatic nitrogens is 1. The fourth-order valence-corrected chi connectivity index (χ4v) is 2.62. The van der Waals surface area contributed by atoms with Crippen molar-refractivity contribution in [3.8, 4) is 0 Å². The number of benzene rings is 1. The zero-order valence-corrected chi connectivity index (χ0v) is 13.8. The van der Waals surface area contributed by atoms with Gasteiger partial charge in [-0.15, -0.1) is 0 Å². The van der Waals surface area contributed by atoms with Crippen molar-refractivity contribution in [1.82, 2.24) is 10.3 Å². The first-order valence-corrected chi connectivity index (χ1v) is 7.53. The molecule has 0 bridgehead atoms. The highest BCUT2D eigenvalue weighted by Gasteiger charge is 2.12. The summed E-state index contributed by atoms with van der Waals surface area (Å²) < 4.78 is 0.706. The van der Waals surface area contributed by atoms with Crippen molar-refractivity contribution in [1.29, 1.82) is 0 Å². The lowest BCUT2D eigenvalue weighted by Crippen LogP contribution is -2.28. The van der Waals surface area contributed by atoms with Gasteiger partial charge in [-0.1, -0.05) is 23.2 Å². The summed E-state index contributed by atoms with van der Waals surface area (Å²) in [6.07, 6.45) is 2.13. The SMILES string of the molecule is O=C(NCC(O)c1cc(Cl)cc(Cl)c1)c1cncc(Br)c1. The summed E-state index contributed by atoms with van der Waals surface area (Å²) in [5, 5.41) is 13.5. The first kappa shape index (κ1) is 16.2. The average molecular weight is 390 g/mol. The largest absolute Gasteiger partial charge is 0.387 e. The summed E-state index contributed by atoms with van der Waals surface area (Å²) >= 11 is 15.0. The third kappa shape index (κ3) is 4.68. The number of hydrogen-bond acceptors (Lipinski definition) is 3. The molecule has 1 heterocycles. The van der Waals surface area contributed by atoms with Crippen molar-refractivity contribution in [3.63, 3.8) is 0 Å². The monoisotopic (exact) mass is 388 g/mol. The number of amides is 1. The van der Waals surface area contributed by atoms with E-state index in [1.807, 2.05) is 0 Å². The molecule has 1 aromatic heterocycles. The summed E-state index contributed by atoms with van der Waals surface area (Å²) in [7, 11) is 0. The van der Waals surface area contributed by atoms with Gasteiger partial charge in [-0.25, -0.2) is 0 Å². The van der Waals surface area contributed by atoms with Gasteiger partial charge in [-0.05, 0) is 45.8 Å². The van der Waals surface area contributed by atoms with E-state index >= 15 is 0 Å². The number of rotatable bonds is 4. The molecule has 0 aliphatic rings. The lowest BCUT2D eigenvalue weighted by atomic mass is 10.1. The first-order valence-electron chi connectivity index (χ1n) is 5.98. The Morgan fingerprint density at radius 1 is 1.24 bits per heavy atom. The van der Waals surface area contributed by atoms with E-state index < -0.39 is 6.10 Å². The molecule has 1 amide bonds. The molecule has 1 unspecified atom stereocenters. The molecule has 1 aromatic carbocycles. The first-order chi connectivity index (χ1) is 9.95. The summed E-state index contributed by atoms with van der Waals surface area (Å²) in [4.78, 5) is 15.8. The van der Waals surface area contributed by atoms with Crippen LogP contribution in [-0.4, -0.2) is 22.5 Å². The normalized spacial score (nSPS) is 12.0. The third-order valence-electron chi connectivity index (χ3n) is 2.69. The molecule has 2 N–H and O–H groups in total. The number of aliphatic hydroxyl groups is 1. The molecule has 110 valence electrons. The van der Waals surface area contributed by atoms with E-state index in [9.17, 15) is 9.90 Å². The highest BCUT2D eigenvalue weighted by Crippen LogP contribution is 2.23. The van der Waals surface area contributed by atoms with Gasteiger partial charge in [0.1, 0.15) is 0 Å². The maximum atomic E-state index is 11.9. The lowest BCUT2D eigenvalue weighted by molar-refractivity contribution is 0.0916. The molecule has 2 aromatic rings. The molecule has 7 heteroatoms. The molecule has 0 aliphatic heterocycles. The second-order valence-corrected chi connectivity index (χ2v) is 6.11. The molecule has 1 atom stereocenters. The molecular weight excluding hydrogens is 379 g/mol. The van der Waals surface area contributed by atoms with Crippen LogP contribution in [0.25, 0.3) is 0 Å². The molecule has 0 aliphatic carbocycles. The molecular formula is C14H11BrCl2N2O2. The number of nitrogens with one attached hydrogen (secondary N) is 1. The summed E-state index contributed by atoms with van der Waals surface area (Å²) in [6.45, 7) is 0.0437. The van der Waals surface area contributed by atoms with E-state index in [4.69, 9.17) is 23.2 Å². The van der Waals surface area contributed by atoms with Crippen LogP contribution in [0.15, 0.2) is 41.1 Å². The zero-order chi connectivity index (χ0) is 15.4. The molecule has 21 heavy (non-hydrogen) atoms. The molecule has 0 spiro atoms. The fourth-order valence-electron chi connectivity index (χ4n) is 1.71. The number of carbonyl (C=O) groups excluding carboxylic acids is 1. The van der Waals surface area contributed by atoms with Crippen molar-refractivity contribution < 1.29 is 9.90 Å². The Kier molecular flexibility index (Phi) is 5.58. The summed E-state index contributed by atoms with van der Waals surface area (Å²) in [5.41, 5.74) is 0.945. The van der Waals surface area contributed by atoms with E-state index in [1.54, 1.807) is 30.5 Å².